The summed E-state index contributed by atoms with van der Waals surface area (Å²) in [5.74, 6) is 0.477. The first kappa shape index (κ1) is 18.7. The minimum Gasteiger partial charge on any atom is -0.351 e. The van der Waals surface area contributed by atoms with Crippen molar-refractivity contribution in [2.75, 3.05) is 11.9 Å². The van der Waals surface area contributed by atoms with Gasteiger partial charge in [0.05, 0.1) is 5.56 Å². The van der Waals surface area contributed by atoms with E-state index >= 15 is 0 Å². The Kier molecular flexibility index (Phi) is 5.95. The number of hydrogen-bond acceptors (Lipinski definition) is 4. The van der Waals surface area contributed by atoms with Crippen LogP contribution in [0.15, 0.2) is 36.7 Å². The number of aromatic nitrogens is 2. The van der Waals surface area contributed by atoms with Crippen LogP contribution in [0.3, 0.4) is 0 Å². The van der Waals surface area contributed by atoms with E-state index in [9.17, 15) is 18.0 Å². The Hall–Kier alpha value is -2.64. The molecule has 0 spiro atoms. The third-order valence-corrected chi connectivity index (χ3v) is 3.39. The van der Waals surface area contributed by atoms with Gasteiger partial charge in [0.2, 0.25) is 0 Å². The number of amides is 1. The van der Waals surface area contributed by atoms with E-state index in [1.165, 1.54) is 24.5 Å². The number of alkyl halides is 3. The number of nitrogens with one attached hydrogen (secondary N) is 2. The molecule has 0 fully saturated rings. The van der Waals surface area contributed by atoms with Crippen molar-refractivity contribution in [3.63, 3.8) is 0 Å². The quantitative estimate of drug-likeness (QED) is 0.824. The molecule has 1 aromatic heterocycles. The largest absolute Gasteiger partial charge is 0.416 e. The molecule has 25 heavy (non-hydrogen) atoms. The van der Waals surface area contributed by atoms with E-state index < -0.39 is 11.7 Å². The van der Waals surface area contributed by atoms with E-state index in [2.05, 4.69) is 34.4 Å². The molecule has 134 valence electrons. The van der Waals surface area contributed by atoms with Crippen molar-refractivity contribution >= 4 is 17.4 Å². The first-order chi connectivity index (χ1) is 11.8. The maximum atomic E-state index is 12.6. The van der Waals surface area contributed by atoms with Gasteiger partial charge < -0.3 is 10.6 Å². The fourth-order valence-electron chi connectivity index (χ4n) is 2.01. The van der Waals surface area contributed by atoms with Crippen molar-refractivity contribution in [3.05, 3.63) is 47.9 Å². The Bertz CT molecular complexity index is 715. The molecule has 0 unspecified atom stereocenters. The molecule has 8 heteroatoms. The summed E-state index contributed by atoms with van der Waals surface area (Å²) >= 11 is 0. The SMILES string of the molecule is CC(C)CCNC(=O)c1cc(Nc2ccc(C(F)(F)F)cc2)ncn1. The summed E-state index contributed by atoms with van der Waals surface area (Å²) in [7, 11) is 0. The Morgan fingerprint density at radius 2 is 1.84 bits per heavy atom. The van der Waals surface area contributed by atoms with Crippen molar-refractivity contribution in [1.29, 1.82) is 0 Å². The van der Waals surface area contributed by atoms with E-state index in [4.69, 9.17) is 0 Å². The van der Waals surface area contributed by atoms with Crippen LogP contribution >= 0.6 is 0 Å². The number of hydrogen-bond donors (Lipinski definition) is 2. The van der Waals surface area contributed by atoms with Gasteiger partial charge >= 0.3 is 6.18 Å². The Balaban J connectivity index is 2.02. The maximum Gasteiger partial charge on any atom is 0.416 e. The number of carbonyl (C=O) groups is 1. The highest BCUT2D eigenvalue weighted by molar-refractivity contribution is 5.92. The molecule has 5 nitrogen and oxygen atoms in total. The monoisotopic (exact) mass is 352 g/mol. The lowest BCUT2D eigenvalue weighted by Gasteiger charge is -2.10. The van der Waals surface area contributed by atoms with Crippen molar-refractivity contribution in [3.8, 4) is 0 Å². The molecule has 2 aromatic rings. The highest BCUT2D eigenvalue weighted by Crippen LogP contribution is 2.30. The van der Waals surface area contributed by atoms with Gasteiger partial charge in [-0.15, -0.1) is 0 Å². The van der Waals surface area contributed by atoms with Gasteiger partial charge in [-0.25, -0.2) is 9.97 Å². The van der Waals surface area contributed by atoms with Crippen LogP contribution in [0.25, 0.3) is 0 Å². The summed E-state index contributed by atoms with van der Waals surface area (Å²) in [4.78, 5) is 19.9. The van der Waals surface area contributed by atoms with Gasteiger partial charge in [-0.05, 0) is 36.6 Å². The predicted octanol–water partition coefficient (Wildman–Crippen LogP) is 4.01. The van der Waals surface area contributed by atoms with Crippen molar-refractivity contribution < 1.29 is 18.0 Å². The van der Waals surface area contributed by atoms with Gasteiger partial charge in [-0.2, -0.15) is 13.2 Å². The zero-order valence-corrected chi connectivity index (χ0v) is 13.9. The van der Waals surface area contributed by atoms with Crippen molar-refractivity contribution in [2.45, 2.75) is 26.4 Å². The summed E-state index contributed by atoms with van der Waals surface area (Å²) in [6.45, 7) is 4.66. The summed E-state index contributed by atoms with van der Waals surface area (Å²) < 4.78 is 37.7. The normalized spacial score (nSPS) is 11.4. The standard InChI is InChI=1S/C17H19F3N4O/c1-11(2)7-8-21-16(25)14-9-15(23-10-22-14)24-13-5-3-12(4-6-13)17(18,19)20/h3-6,9-11H,7-8H2,1-2H3,(H,21,25)(H,22,23,24). The van der Waals surface area contributed by atoms with Crippen LogP contribution in [0.5, 0.6) is 0 Å². The van der Waals surface area contributed by atoms with E-state index in [1.54, 1.807) is 0 Å². The van der Waals surface area contributed by atoms with Crippen LogP contribution in [0, 0.1) is 5.92 Å². The molecule has 0 atom stereocenters. The van der Waals surface area contributed by atoms with E-state index in [0.717, 1.165) is 18.6 Å². The van der Waals surface area contributed by atoms with Crippen LogP contribution in [0.1, 0.15) is 36.3 Å². The molecule has 1 aromatic carbocycles. The minimum atomic E-state index is -4.38. The third kappa shape index (κ3) is 5.74. The molecule has 1 amide bonds. The van der Waals surface area contributed by atoms with Crippen molar-refractivity contribution in [2.24, 2.45) is 5.92 Å². The summed E-state index contributed by atoms with van der Waals surface area (Å²) in [5, 5.41) is 5.62. The number of anilines is 2. The van der Waals surface area contributed by atoms with Crippen LogP contribution in [-0.4, -0.2) is 22.4 Å². The van der Waals surface area contributed by atoms with Gasteiger partial charge in [0, 0.05) is 18.3 Å². The van der Waals surface area contributed by atoms with Gasteiger partial charge in [-0.3, -0.25) is 4.79 Å². The number of halogens is 3. The topological polar surface area (TPSA) is 66.9 Å². The number of rotatable bonds is 6. The lowest BCUT2D eigenvalue weighted by atomic mass is 10.1. The lowest BCUT2D eigenvalue weighted by molar-refractivity contribution is -0.137. The highest BCUT2D eigenvalue weighted by atomic mass is 19.4. The summed E-state index contributed by atoms with van der Waals surface area (Å²) in [5.41, 5.74) is -0.114. The second-order valence-electron chi connectivity index (χ2n) is 5.93. The second-order valence-corrected chi connectivity index (χ2v) is 5.93. The Labute approximate surface area is 143 Å². The average Bonchev–Trinajstić information content (AvgIpc) is 2.54. The van der Waals surface area contributed by atoms with Gasteiger partial charge in [0.15, 0.2) is 0 Å². The molecule has 0 aliphatic rings. The fraction of sp³-hybridized carbons (Fsp3) is 0.353. The van der Waals surface area contributed by atoms with Crippen LogP contribution in [0.2, 0.25) is 0 Å². The van der Waals surface area contributed by atoms with Gasteiger partial charge in [0.25, 0.3) is 5.91 Å². The van der Waals surface area contributed by atoms with Gasteiger partial charge in [0.1, 0.15) is 17.8 Å². The first-order valence-corrected chi connectivity index (χ1v) is 7.80. The molecule has 0 aliphatic heterocycles. The molecule has 0 radical (unpaired) electrons. The molecule has 0 aliphatic carbocycles. The van der Waals surface area contributed by atoms with E-state index in [-0.39, 0.29) is 11.6 Å². The number of nitrogens with zero attached hydrogens (tertiary/aromatic N) is 2. The van der Waals surface area contributed by atoms with Crippen molar-refractivity contribution in [1.82, 2.24) is 15.3 Å². The zero-order chi connectivity index (χ0) is 18.4. The minimum absolute atomic E-state index is 0.188. The molecule has 0 saturated heterocycles. The lowest BCUT2D eigenvalue weighted by Crippen LogP contribution is -2.26. The molecule has 0 bridgehead atoms. The first-order valence-electron chi connectivity index (χ1n) is 7.80. The summed E-state index contributed by atoms with van der Waals surface area (Å²) in [6.07, 6.45) is -2.30. The van der Waals surface area contributed by atoms with E-state index in [0.29, 0.717) is 24.0 Å². The Morgan fingerprint density at radius 3 is 2.44 bits per heavy atom. The molecular formula is C17H19F3N4O. The van der Waals surface area contributed by atoms with Crippen LogP contribution < -0.4 is 10.6 Å². The molecule has 1 heterocycles. The predicted molar refractivity (Wildman–Crippen MR) is 88.5 cm³/mol. The molecule has 2 rings (SSSR count). The number of carbonyl (C=O) groups excluding carboxylic acids is 1. The molecular weight excluding hydrogens is 333 g/mol. The van der Waals surface area contributed by atoms with Crippen LogP contribution in [0.4, 0.5) is 24.7 Å². The maximum absolute atomic E-state index is 12.6. The Morgan fingerprint density at radius 1 is 1.16 bits per heavy atom. The average molecular weight is 352 g/mol. The van der Waals surface area contributed by atoms with Crippen LogP contribution in [-0.2, 0) is 6.18 Å². The highest BCUT2D eigenvalue weighted by Gasteiger charge is 2.29. The molecule has 2 N–H and O–H groups in total. The molecule has 0 saturated carbocycles. The van der Waals surface area contributed by atoms with Gasteiger partial charge in [-0.1, -0.05) is 13.8 Å². The third-order valence-electron chi connectivity index (χ3n) is 3.39. The fourth-order valence-corrected chi connectivity index (χ4v) is 2.01. The number of benzene rings is 1. The second kappa shape index (κ2) is 7.96. The smallest absolute Gasteiger partial charge is 0.351 e. The summed E-state index contributed by atoms with van der Waals surface area (Å²) in [6, 6.07) is 6.00. The zero-order valence-electron chi connectivity index (χ0n) is 13.9. The van der Waals surface area contributed by atoms with E-state index in [1.807, 2.05) is 0 Å².